The Labute approximate surface area is 251 Å². The summed E-state index contributed by atoms with van der Waals surface area (Å²) < 4.78 is 1.92. The molecule has 0 spiro atoms. The van der Waals surface area contributed by atoms with E-state index in [1.165, 1.54) is 19.3 Å². The quantitative estimate of drug-likeness (QED) is 0.181. The predicted octanol–water partition coefficient (Wildman–Crippen LogP) is 6.06. The molecule has 0 radical (unpaired) electrons. The largest absolute Gasteiger partial charge is 0.386 e. The molecule has 8 nitrogen and oxygen atoms in total. The first-order chi connectivity index (χ1) is 20.5. The molecule has 2 heterocycles. The van der Waals surface area contributed by atoms with Gasteiger partial charge in [-0.1, -0.05) is 80.1 Å². The number of aliphatic hydroxyl groups is 1. The van der Waals surface area contributed by atoms with Crippen molar-refractivity contribution in [1.82, 2.24) is 19.9 Å². The monoisotopic (exact) mass is 584 g/mol. The van der Waals surface area contributed by atoms with Gasteiger partial charge in [-0.15, -0.1) is 0 Å². The molecule has 2 aliphatic carbocycles. The van der Waals surface area contributed by atoms with Crippen molar-refractivity contribution in [2.45, 2.75) is 69.7 Å². The highest BCUT2D eigenvalue weighted by molar-refractivity contribution is 6.30. The van der Waals surface area contributed by atoms with Crippen LogP contribution < -0.4 is 16.0 Å². The summed E-state index contributed by atoms with van der Waals surface area (Å²) in [7, 11) is 0. The maximum atomic E-state index is 13.9. The van der Waals surface area contributed by atoms with Crippen LogP contribution in [-0.2, 0) is 17.8 Å². The third kappa shape index (κ3) is 6.77. The Kier molecular flexibility index (Phi) is 8.72. The lowest BCUT2D eigenvalue weighted by Gasteiger charge is -2.28. The lowest BCUT2D eigenvalue weighted by Crippen LogP contribution is -2.47. The van der Waals surface area contributed by atoms with Crippen LogP contribution in [0.5, 0.6) is 0 Å². The van der Waals surface area contributed by atoms with Crippen LogP contribution in [0.25, 0.3) is 5.82 Å². The topological polar surface area (TPSA) is 104 Å². The van der Waals surface area contributed by atoms with Crippen LogP contribution in [0.3, 0.4) is 0 Å². The normalized spacial score (nSPS) is 19.2. The summed E-state index contributed by atoms with van der Waals surface area (Å²) in [4.78, 5) is 23.4. The van der Waals surface area contributed by atoms with Gasteiger partial charge >= 0.3 is 0 Å². The number of nitrogens with zero attached hydrogens (tertiary/aromatic N) is 3. The molecule has 9 heteroatoms. The van der Waals surface area contributed by atoms with E-state index in [1.54, 1.807) is 0 Å². The van der Waals surface area contributed by atoms with Crippen LogP contribution in [0.4, 0.5) is 11.8 Å². The molecule has 3 atom stereocenters. The molecule has 6 rings (SSSR count). The Bertz CT molecular complexity index is 1500. The first kappa shape index (κ1) is 28.2. The number of hydrogen-bond donors (Lipinski definition) is 4. The van der Waals surface area contributed by atoms with Gasteiger partial charge in [-0.25, -0.2) is 0 Å². The third-order valence-corrected chi connectivity index (χ3v) is 8.61. The summed E-state index contributed by atoms with van der Waals surface area (Å²) in [6, 6.07) is 20.4. The Morgan fingerprint density at radius 2 is 1.81 bits per heavy atom. The molecule has 1 saturated carbocycles. The molecular weight excluding hydrogens is 548 g/mol. The molecule has 0 saturated heterocycles. The van der Waals surface area contributed by atoms with Crippen molar-refractivity contribution >= 4 is 29.3 Å². The highest BCUT2D eigenvalue weighted by Crippen LogP contribution is 2.32. The van der Waals surface area contributed by atoms with Gasteiger partial charge < -0.3 is 25.6 Å². The van der Waals surface area contributed by atoms with E-state index in [4.69, 9.17) is 21.6 Å². The van der Waals surface area contributed by atoms with Gasteiger partial charge in [0.15, 0.2) is 0 Å². The minimum atomic E-state index is -0.720. The fourth-order valence-electron chi connectivity index (χ4n) is 6.19. The minimum absolute atomic E-state index is 0.119. The number of benzene rings is 2. The van der Waals surface area contributed by atoms with Crippen LogP contribution in [0.15, 0.2) is 79.1 Å². The highest BCUT2D eigenvalue weighted by atomic mass is 35.5. The lowest BCUT2D eigenvalue weighted by atomic mass is 9.84. The standard InChI is InChI=1S/C33H37ClN6O2/c34-25-13-8-11-23(17-25)21-35-33-38-29(20-30(39-33)40-15-6-7-16-40)36-28(18-22-9-2-1-3-10-22)32(42)37-27-19-24-12-4-5-14-26(24)31(27)41/h4-8,11-17,20,22,27-28,31,41H,1-3,9-10,18-19,21H2,(H,37,42)(H2,35,36,38,39)/t27?,28-,31-/m1/s1. The zero-order chi connectivity index (χ0) is 28.9. The maximum absolute atomic E-state index is 13.9. The number of aromatic nitrogens is 3. The van der Waals surface area contributed by atoms with Gasteiger partial charge in [0.25, 0.3) is 0 Å². The Hall–Kier alpha value is -3.88. The second-order valence-electron chi connectivity index (χ2n) is 11.4. The van der Waals surface area contributed by atoms with E-state index in [2.05, 4.69) is 16.0 Å². The SMILES string of the molecule is O=C(NC1Cc2ccccc2[C@H]1O)[C@@H](CC1CCCCC1)Nc1cc(-n2cccc2)nc(NCc2cccc(Cl)c2)n1. The summed E-state index contributed by atoms with van der Waals surface area (Å²) in [5.41, 5.74) is 2.98. The molecule has 2 aliphatic rings. The number of rotatable bonds is 10. The molecule has 2 aromatic carbocycles. The van der Waals surface area contributed by atoms with Gasteiger partial charge in [-0.05, 0) is 59.7 Å². The smallest absolute Gasteiger partial charge is 0.242 e. The first-order valence-corrected chi connectivity index (χ1v) is 15.2. The predicted molar refractivity (Wildman–Crippen MR) is 166 cm³/mol. The van der Waals surface area contributed by atoms with Crippen LogP contribution in [0.1, 0.15) is 61.3 Å². The van der Waals surface area contributed by atoms with E-state index in [1.807, 2.05) is 83.7 Å². The van der Waals surface area contributed by atoms with Crippen LogP contribution >= 0.6 is 11.6 Å². The minimum Gasteiger partial charge on any atom is -0.386 e. The van der Waals surface area contributed by atoms with Gasteiger partial charge in [0, 0.05) is 30.0 Å². The average molecular weight is 585 g/mol. The van der Waals surface area contributed by atoms with Crippen molar-refractivity contribution in [3.8, 4) is 5.82 Å². The van der Waals surface area contributed by atoms with Crippen molar-refractivity contribution in [2.75, 3.05) is 10.6 Å². The van der Waals surface area contributed by atoms with E-state index >= 15 is 0 Å². The number of anilines is 2. The summed E-state index contributed by atoms with van der Waals surface area (Å²) in [6.07, 6.45) is 10.3. The second kappa shape index (κ2) is 13.0. The molecule has 1 fully saturated rings. The van der Waals surface area contributed by atoms with Crippen molar-refractivity contribution < 1.29 is 9.90 Å². The number of nitrogens with one attached hydrogen (secondary N) is 3. The molecule has 2 aromatic heterocycles. The van der Waals surface area contributed by atoms with Crippen LogP contribution in [0, 0.1) is 5.92 Å². The van der Waals surface area contributed by atoms with Crippen molar-refractivity contribution in [3.05, 3.63) is 101 Å². The van der Waals surface area contributed by atoms with E-state index < -0.39 is 12.1 Å². The lowest BCUT2D eigenvalue weighted by molar-refractivity contribution is -0.123. The summed E-state index contributed by atoms with van der Waals surface area (Å²) in [6.45, 7) is 0.501. The Balaban J connectivity index is 1.24. The highest BCUT2D eigenvalue weighted by Gasteiger charge is 2.34. The Morgan fingerprint density at radius 1 is 1.00 bits per heavy atom. The van der Waals surface area contributed by atoms with E-state index in [0.29, 0.717) is 47.9 Å². The molecule has 0 aliphatic heterocycles. The maximum Gasteiger partial charge on any atom is 0.242 e. The molecule has 218 valence electrons. The van der Waals surface area contributed by atoms with Crippen molar-refractivity contribution in [3.63, 3.8) is 0 Å². The zero-order valence-corrected chi connectivity index (χ0v) is 24.3. The van der Waals surface area contributed by atoms with Crippen molar-refractivity contribution in [2.24, 2.45) is 5.92 Å². The zero-order valence-electron chi connectivity index (χ0n) is 23.5. The number of carbonyl (C=O) groups is 1. The number of fused-ring (bicyclic) bond motifs is 1. The van der Waals surface area contributed by atoms with Gasteiger partial charge in [0.1, 0.15) is 17.7 Å². The van der Waals surface area contributed by atoms with Crippen LogP contribution in [0.2, 0.25) is 5.02 Å². The molecule has 4 N–H and O–H groups in total. The Morgan fingerprint density at radius 3 is 2.60 bits per heavy atom. The average Bonchev–Trinajstić information content (AvgIpc) is 3.65. The molecule has 42 heavy (non-hydrogen) atoms. The second-order valence-corrected chi connectivity index (χ2v) is 11.8. The fraction of sp³-hybridized carbons (Fsp3) is 0.364. The third-order valence-electron chi connectivity index (χ3n) is 8.38. The van der Waals surface area contributed by atoms with E-state index in [-0.39, 0.29) is 11.9 Å². The summed E-state index contributed by atoms with van der Waals surface area (Å²) in [5, 5.41) is 21.6. The summed E-state index contributed by atoms with van der Waals surface area (Å²) in [5.74, 6) is 2.03. The summed E-state index contributed by atoms with van der Waals surface area (Å²) >= 11 is 6.18. The molecule has 4 aromatic rings. The first-order valence-electron chi connectivity index (χ1n) is 14.9. The number of carbonyl (C=O) groups excluding carboxylic acids is 1. The number of amides is 1. The molecule has 1 unspecified atom stereocenters. The number of halogens is 1. The van der Waals surface area contributed by atoms with E-state index in [9.17, 15) is 9.90 Å². The van der Waals surface area contributed by atoms with Gasteiger partial charge in [-0.2, -0.15) is 9.97 Å². The fourth-order valence-corrected chi connectivity index (χ4v) is 6.40. The number of aliphatic hydroxyl groups excluding tert-OH is 1. The van der Waals surface area contributed by atoms with Gasteiger partial charge in [-0.3, -0.25) is 4.79 Å². The van der Waals surface area contributed by atoms with Crippen LogP contribution in [-0.4, -0.2) is 37.6 Å². The molecule has 1 amide bonds. The molecule has 0 bridgehead atoms. The van der Waals surface area contributed by atoms with Crippen molar-refractivity contribution in [1.29, 1.82) is 0 Å². The van der Waals surface area contributed by atoms with Gasteiger partial charge in [0.05, 0.1) is 12.1 Å². The molecular formula is C33H37ClN6O2. The number of hydrogen-bond acceptors (Lipinski definition) is 6. The van der Waals surface area contributed by atoms with E-state index in [0.717, 1.165) is 29.5 Å². The van der Waals surface area contributed by atoms with Gasteiger partial charge in [0.2, 0.25) is 11.9 Å².